The second-order valence-electron chi connectivity index (χ2n) is 6.60. The van der Waals surface area contributed by atoms with Gasteiger partial charge < -0.3 is 14.6 Å². The van der Waals surface area contributed by atoms with Crippen molar-refractivity contribution in [2.24, 2.45) is 0 Å². The van der Waals surface area contributed by atoms with E-state index in [1.807, 2.05) is 11.0 Å². The van der Waals surface area contributed by atoms with Gasteiger partial charge in [-0.1, -0.05) is 18.2 Å². The Morgan fingerprint density at radius 2 is 1.81 bits per heavy atom. The van der Waals surface area contributed by atoms with Gasteiger partial charge in [-0.2, -0.15) is 0 Å². The first kappa shape index (κ1) is 17.2. The molecule has 2 aromatic heterocycles. The highest BCUT2D eigenvalue weighted by molar-refractivity contribution is 5.92. The van der Waals surface area contributed by atoms with E-state index in [9.17, 15) is 19.1 Å². The minimum Gasteiger partial charge on any atom is -0.477 e. The lowest BCUT2D eigenvalue weighted by Gasteiger charge is -2.28. The monoisotopic (exact) mass is 367 g/mol. The number of carbonyl (C=O) groups is 1. The third kappa shape index (κ3) is 3.05. The number of fused-ring (bicyclic) bond motifs is 1. The van der Waals surface area contributed by atoms with Crippen molar-refractivity contribution in [3.8, 4) is 5.69 Å². The van der Waals surface area contributed by atoms with Crippen LogP contribution < -0.4 is 10.3 Å². The molecule has 0 bridgehead atoms. The fourth-order valence-corrected chi connectivity index (χ4v) is 3.48. The molecule has 1 N–H and O–H groups in total. The lowest BCUT2D eigenvalue weighted by Crippen LogP contribution is -2.31. The van der Waals surface area contributed by atoms with Gasteiger partial charge in [-0.25, -0.2) is 14.2 Å². The predicted octanol–water partition coefficient (Wildman–Crippen LogP) is 3.21. The van der Waals surface area contributed by atoms with Crippen molar-refractivity contribution in [3.63, 3.8) is 0 Å². The normalized spacial score (nSPS) is 14.5. The summed E-state index contributed by atoms with van der Waals surface area (Å²) in [5, 5.41) is 9.34. The van der Waals surface area contributed by atoms with E-state index >= 15 is 0 Å². The summed E-state index contributed by atoms with van der Waals surface area (Å²) in [5.74, 6) is -1.76. The van der Waals surface area contributed by atoms with Gasteiger partial charge in [0.1, 0.15) is 5.56 Å². The van der Waals surface area contributed by atoms with Crippen LogP contribution in [0, 0.1) is 5.82 Å². The Hall–Kier alpha value is -3.22. The van der Waals surface area contributed by atoms with Gasteiger partial charge in [-0.3, -0.25) is 4.79 Å². The molecule has 1 fully saturated rings. The maximum Gasteiger partial charge on any atom is 0.341 e. The number of carboxylic acid groups (broad SMARTS) is 1. The molecule has 1 aliphatic rings. The molecule has 1 aromatic carbocycles. The van der Waals surface area contributed by atoms with Crippen molar-refractivity contribution in [2.45, 2.75) is 19.3 Å². The fourth-order valence-electron chi connectivity index (χ4n) is 3.48. The number of carboxylic acids is 1. The molecule has 0 atom stereocenters. The van der Waals surface area contributed by atoms with Crippen LogP contribution in [0.5, 0.6) is 0 Å². The number of pyridine rings is 2. The van der Waals surface area contributed by atoms with Gasteiger partial charge in [0.05, 0.1) is 5.39 Å². The second kappa shape index (κ2) is 6.83. The van der Waals surface area contributed by atoms with Crippen molar-refractivity contribution in [1.82, 2.24) is 9.55 Å². The minimum absolute atomic E-state index is 0.0444. The van der Waals surface area contributed by atoms with Gasteiger partial charge in [0, 0.05) is 25.0 Å². The quantitative estimate of drug-likeness (QED) is 0.769. The number of halogens is 1. The van der Waals surface area contributed by atoms with Gasteiger partial charge in [0.2, 0.25) is 5.43 Å². The van der Waals surface area contributed by atoms with Gasteiger partial charge in [-0.15, -0.1) is 0 Å². The van der Waals surface area contributed by atoms with E-state index in [0.29, 0.717) is 18.8 Å². The zero-order valence-corrected chi connectivity index (χ0v) is 14.6. The number of aromatic carboxylic acids is 1. The largest absolute Gasteiger partial charge is 0.477 e. The zero-order valence-electron chi connectivity index (χ0n) is 14.6. The Bertz CT molecular complexity index is 1070. The Balaban J connectivity index is 2.02. The molecule has 7 heteroatoms. The summed E-state index contributed by atoms with van der Waals surface area (Å²) in [4.78, 5) is 30.4. The van der Waals surface area contributed by atoms with Gasteiger partial charge >= 0.3 is 5.97 Å². The topological polar surface area (TPSA) is 75.4 Å². The first-order valence-corrected chi connectivity index (χ1v) is 8.86. The average Bonchev–Trinajstić information content (AvgIpc) is 2.69. The first-order valence-electron chi connectivity index (χ1n) is 8.86. The van der Waals surface area contributed by atoms with E-state index in [1.54, 1.807) is 24.3 Å². The summed E-state index contributed by atoms with van der Waals surface area (Å²) in [6.45, 7) is 1.41. The third-order valence-electron chi connectivity index (χ3n) is 4.83. The summed E-state index contributed by atoms with van der Waals surface area (Å²) in [7, 11) is 0. The maximum absolute atomic E-state index is 14.8. The molecule has 6 nitrogen and oxygen atoms in total. The molecule has 0 saturated carbocycles. The highest BCUT2D eigenvalue weighted by Crippen LogP contribution is 2.25. The molecule has 0 aliphatic carbocycles. The second-order valence-corrected chi connectivity index (χ2v) is 6.60. The lowest BCUT2D eigenvalue weighted by molar-refractivity contribution is 0.0695. The predicted molar refractivity (Wildman–Crippen MR) is 100 cm³/mol. The molecular formula is C20H18FN3O3. The van der Waals surface area contributed by atoms with Crippen LogP contribution in [0.4, 0.5) is 10.2 Å². The molecular weight excluding hydrogens is 349 g/mol. The van der Waals surface area contributed by atoms with E-state index in [1.165, 1.54) is 10.8 Å². The van der Waals surface area contributed by atoms with Crippen LogP contribution in [-0.4, -0.2) is 33.7 Å². The fraction of sp³-hybridized carbons (Fsp3) is 0.250. The summed E-state index contributed by atoms with van der Waals surface area (Å²) in [6, 6.07) is 10.1. The Kier molecular flexibility index (Phi) is 4.35. The third-order valence-corrected chi connectivity index (χ3v) is 4.83. The molecule has 0 radical (unpaired) electrons. The Morgan fingerprint density at radius 3 is 2.48 bits per heavy atom. The van der Waals surface area contributed by atoms with Crippen molar-refractivity contribution < 1.29 is 14.3 Å². The Labute approximate surface area is 154 Å². The van der Waals surface area contributed by atoms with E-state index in [2.05, 4.69) is 4.98 Å². The van der Waals surface area contributed by atoms with Crippen LogP contribution in [0.15, 0.2) is 47.4 Å². The number of para-hydroxylation sites is 1. The number of rotatable bonds is 3. The first-order chi connectivity index (χ1) is 13.1. The SMILES string of the molecule is O=C(O)c1cn(-c2ccccc2)c2nc(N3CCCCC3)c(F)cc2c1=O. The summed E-state index contributed by atoms with van der Waals surface area (Å²) in [6.07, 6.45) is 4.28. The average molecular weight is 367 g/mol. The van der Waals surface area contributed by atoms with Crippen molar-refractivity contribution in [1.29, 1.82) is 0 Å². The van der Waals surface area contributed by atoms with Gasteiger partial charge in [0.15, 0.2) is 17.3 Å². The molecule has 1 aliphatic heterocycles. The molecule has 138 valence electrons. The number of aromatic nitrogens is 2. The van der Waals surface area contributed by atoms with E-state index in [0.717, 1.165) is 25.3 Å². The Morgan fingerprint density at radius 1 is 1.11 bits per heavy atom. The van der Waals surface area contributed by atoms with Crippen LogP contribution in [0.3, 0.4) is 0 Å². The van der Waals surface area contributed by atoms with Crippen molar-refractivity contribution >= 4 is 22.8 Å². The number of anilines is 1. The number of benzene rings is 1. The molecule has 1 saturated heterocycles. The molecule has 3 heterocycles. The molecule has 27 heavy (non-hydrogen) atoms. The smallest absolute Gasteiger partial charge is 0.341 e. The van der Waals surface area contributed by atoms with E-state index in [-0.39, 0.29) is 16.9 Å². The molecule has 0 unspecified atom stereocenters. The highest BCUT2D eigenvalue weighted by atomic mass is 19.1. The summed E-state index contributed by atoms with van der Waals surface area (Å²) in [5.41, 5.74) is -0.258. The van der Waals surface area contributed by atoms with Crippen LogP contribution >= 0.6 is 0 Å². The lowest BCUT2D eigenvalue weighted by atomic mass is 10.1. The van der Waals surface area contributed by atoms with Crippen molar-refractivity contribution in [3.05, 3.63) is 64.2 Å². The van der Waals surface area contributed by atoms with Gasteiger partial charge in [-0.05, 0) is 37.5 Å². The molecule has 0 amide bonds. The number of hydrogen-bond donors (Lipinski definition) is 1. The molecule has 0 spiro atoms. The van der Waals surface area contributed by atoms with Crippen LogP contribution in [0.25, 0.3) is 16.7 Å². The van der Waals surface area contributed by atoms with Crippen LogP contribution in [0.1, 0.15) is 29.6 Å². The molecule has 4 rings (SSSR count). The number of hydrogen-bond acceptors (Lipinski definition) is 4. The van der Waals surface area contributed by atoms with Gasteiger partial charge in [0.25, 0.3) is 0 Å². The highest BCUT2D eigenvalue weighted by Gasteiger charge is 2.22. The number of nitrogens with zero attached hydrogens (tertiary/aromatic N) is 3. The van der Waals surface area contributed by atoms with E-state index in [4.69, 9.17) is 0 Å². The van der Waals surface area contributed by atoms with Crippen molar-refractivity contribution in [2.75, 3.05) is 18.0 Å². The van der Waals surface area contributed by atoms with Crippen LogP contribution in [-0.2, 0) is 0 Å². The zero-order chi connectivity index (χ0) is 19.0. The summed E-state index contributed by atoms with van der Waals surface area (Å²) >= 11 is 0. The van der Waals surface area contributed by atoms with Crippen LogP contribution in [0.2, 0.25) is 0 Å². The maximum atomic E-state index is 14.8. The van der Waals surface area contributed by atoms with E-state index < -0.39 is 22.8 Å². The molecule has 3 aromatic rings. The standard InChI is InChI=1S/C20H18FN3O3/c21-16-11-14-17(25)15(20(26)27)12-24(13-7-3-1-4-8-13)18(14)22-19(16)23-9-5-2-6-10-23/h1,3-4,7-8,11-12H,2,5-6,9-10H2,(H,26,27). The number of piperidine rings is 1. The summed E-state index contributed by atoms with van der Waals surface area (Å²) < 4.78 is 16.3. The minimum atomic E-state index is -1.35.